The van der Waals surface area contributed by atoms with Gasteiger partial charge in [-0.15, -0.1) is 0 Å². The summed E-state index contributed by atoms with van der Waals surface area (Å²) >= 11 is 0. The molecule has 34 heavy (non-hydrogen) atoms. The molecule has 2 N–H and O–H groups in total. The van der Waals surface area contributed by atoms with Crippen molar-refractivity contribution in [1.82, 2.24) is 10.6 Å². The zero-order chi connectivity index (χ0) is 23.1. The molecule has 0 aliphatic carbocycles. The molecule has 4 aliphatic rings. The van der Waals surface area contributed by atoms with Crippen molar-refractivity contribution in [1.29, 1.82) is 0 Å². The third kappa shape index (κ3) is 3.65. The molecule has 2 aromatic carbocycles. The minimum atomic E-state index is -0.257. The molecule has 174 valence electrons. The van der Waals surface area contributed by atoms with Crippen LogP contribution in [0.4, 0.5) is 11.4 Å². The molecule has 4 aliphatic heterocycles. The predicted molar refractivity (Wildman–Crippen MR) is 129 cm³/mol. The molecule has 2 fully saturated rings. The van der Waals surface area contributed by atoms with Crippen molar-refractivity contribution in [3.05, 3.63) is 70.8 Å². The summed E-state index contributed by atoms with van der Waals surface area (Å²) in [6, 6.07) is 15.9. The zero-order valence-electron chi connectivity index (χ0n) is 18.8. The highest BCUT2D eigenvalue weighted by Crippen LogP contribution is 2.38. The van der Waals surface area contributed by atoms with Gasteiger partial charge in [-0.05, 0) is 35.4 Å². The number of ether oxygens (including phenoxy) is 2. The van der Waals surface area contributed by atoms with Crippen molar-refractivity contribution >= 4 is 34.6 Å². The van der Waals surface area contributed by atoms with Crippen LogP contribution >= 0.6 is 0 Å². The van der Waals surface area contributed by atoms with Crippen LogP contribution < -0.4 is 20.4 Å². The molecule has 8 nitrogen and oxygen atoms in total. The molecule has 2 aromatic rings. The van der Waals surface area contributed by atoms with E-state index in [0.717, 1.165) is 75.1 Å². The molecular formula is C26H26N4O4. The monoisotopic (exact) mass is 458 g/mol. The summed E-state index contributed by atoms with van der Waals surface area (Å²) in [5, 5.41) is 5.86. The molecule has 4 heterocycles. The Morgan fingerprint density at radius 2 is 0.912 bits per heavy atom. The molecule has 8 heteroatoms. The lowest BCUT2D eigenvalue weighted by atomic mass is 10.0. The Balaban J connectivity index is 1.30. The van der Waals surface area contributed by atoms with Crippen molar-refractivity contribution in [3.8, 4) is 0 Å². The normalized spacial score (nSPS) is 20.6. The Bertz CT molecular complexity index is 1090. The van der Waals surface area contributed by atoms with Crippen LogP contribution in [0.25, 0.3) is 11.4 Å². The number of hydrogen-bond donors (Lipinski definition) is 2. The van der Waals surface area contributed by atoms with Crippen molar-refractivity contribution in [2.75, 3.05) is 62.4 Å². The fraction of sp³-hybridized carbons (Fsp3) is 0.308. The second-order valence-corrected chi connectivity index (χ2v) is 8.70. The molecule has 0 atom stereocenters. The highest BCUT2D eigenvalue weighted by molar-refractivity contribution is 6.30. The fourth-order valence-electron chi connectivity index (χ4n) is 4.94. The number of carbonyl (C=O) groups is 2. The Hall–Kier alpha value is -3.62. The lowest BCUT2D eigenvalue weighted by Gasteiger charge is -2.29. The first kappa shape index (κ1) is 20.9. The van der Waals surface area contributed by atoms with E-state index in [4.69, 9.17) is 9.47 Å². The van der Waals surface area contributed by atoms with Crippen molar-refractivity contribution in [2.24, 2.45) is 0 Å². The number of nitrogens with one attached hydrogen (secondary N) is 2. The van der Waals surface area contributed by atoms with Crippen molar-refractivity contribution < 1.29 is 19.1 Å². The van der Waals surface area contributed by atoms with E-state index in [2.05, 4.69) is 20.4 Å². The number of morpholine rings is 2. The average molecular weight is 459 g/mol. The first-order chi connectivity index (χ1) is 16.7. The van der Waals surface area contributed by atoms with Gasteiger partial charge < -0.3 is 29.9 Å². The van der Waals surface area contributed by atoms with Gasteiger partial charge in [0, 0.05) is 37.6 Å². The van der Waals surface area contributed by atoms with E-state index < -0.39 is 0 Å². The van der Waals surface area contributed by atoms with Gasteiger partial charge in [0.2, 0.25) is 0 Å². The highest BCUT2D eigenvalue weighted by atomic mass is 16.5. The van der Waals surface area contributed by atoms with Gasteiger partial charge >= 0.3 is 0 Å². The SMILES string of the molecule is O=C1NC(c2ccc(N3CCOCC3)cc2)=C2C(=O)NC(c3ccc(N4CCOCC4)cc3)=C12. The zero-order valence-corrected chi connectivity index (χ0v) is 18.8. The van der Waals surface area contributed by atoms with Crippen molar-refractivity contribution in [3.63, 3.8) is 0 Å². The van der Waals surface area contributed by atoms with Gasteiger partial charge in [0.15, 0.2) is 0 Å². The molecular weight excluding hydrogens is 432 g/mol. The summed E-state index contributed by atoms with van der Waals surface area (Å²) in [6.07, 6.45) is 0. The molecule has 0 aromatic heterocycles. The lowest BCUT2D eigenvalue weighted by molar-refractivity contribution is -0.117. The van der Waals surface area contributed by atoms with Crippen LogP contribution in [-0.4, -0.2) is 64.4 Å². The molecule has 0 radical (unpaired) electrons. The molecule has 0 spiro atoms. The second kappa shape index (κ2) is 8.62. The van der Waals surface area contributed by atoms with Crippen LogP contribution in [0.15, 0.2) is 59.7 Å². The standard InChI is InChI=1S/C26H26N4O4/c31-25-21-22(24(28-25)18-3-7-20(8-4-18)30-11-15-34-16-12-30)26(32)27-23(21)17-1-5-19(6-2-17)29-9-13-33-14-10-29/h1-8H,9-16H2,(H,27,32)(H,28,31). The number of amides is 2. The lowest BCUT2D eigenvalue weighted by Crippen LogP contribution is -2.36. The number of hydrogen-bond acceptors (Lipinski definition) is 6. The molecule has 2 saturated heterocycles. The van der Waals surface area contributed by atoms with Gasteiger partial charge in [-0.3, -0.25) is 9.59 Å². The highest BCUT2D eigenvalue weighted by Gasteiger charge is 2.40. The Morgan fingerprint density at radius 3 is 1.26 bits per heavy atom. The van der Waals surface area contributed by atoms with Gasteiger partial charge in [-0.25, -0.2) is 0 Å². The second-order valence-electron chi connectivity index (χ2n) is 8.70. The summed E-state index contributed by atoms with van der Waals surface area (Å²) in [4.78, 5) is 30.4. The van der Waals surface area contributed by atoms with Crippen LogP contribution in [0.3, 0.4) is 0 Å². The number of anilines is 2. The van der Waals surface area contributed by atoms with Crippen molar-refractivity contribution in [2.45, 2.75) is 0 Å². The largest absolute Gasteiger partial charge is 0.378 e. The third-order valence-electron chi connectivity index (χ3n) is 6.75. The number of fused-ring (bicyclic) bond motifs is 1. The van der Waals surface area contributed by atoms with Crippen LogP contribution in [0.5, 0.6) is 0 Å². The van der Waals surface area contributed by atoms with Gasteiger partial charge in [0.05, 0.1) is 49.0 Å². The van der Waals surface area contributed by atoms with Crippen LogP contribution in [-0.2, 0) is 19.1 Å². The number of nitrogens with zero attached hydrogens (tertiary/aromatic N) is 2. The maximum absolute atomic E-state index is 13.0. The van der Waals surface area contributed by atoms with Crippen LogP contribution in [0, 0.1) is 0 Å². The maximum atomic E-state index is 13.0. The molecule has 6 rings (SSSR count). The Morgan fingerprint density at radius 1 is 0.559 bits per heavy atom. The molecule has 0 unspecified atom stereocenters. The fourth-order valence-corrected chi connectivity index (χ4v) is 4.94. The summed E-state index contributed by atoms with van der Waals surface area (Å²) < 4.78 is 10.9. The van der Waals surface area contributed by atoms with E-state index in [-0.39, 0.29) is 11.8 Å². The average Bonchev–Trinajstić information content (AvgIpc) is 3.43. The van der Waals surface area contributed by atoms with E-state index in [9.17, 15) is 9.59 Å². The molecule has 0 saturated carbocycles. The van der Waals surface area contributed by atoms with Gasteiger partial charge in [-0.1, -0.05) is 24.3 Å². The number of carbonyl (C=O) groups excluding carboxylic acids is 2. The molecule has 2 amide bonds. The summed E-state index contributed by atoms with van der Waals surface area (Å²) in [5.41, 5.74) is 5.79. The minimum absolute atomic E-state index is 0.257. The summed E-state index contributed by atoms with van der Waals surface area (Å²) in [7, 11) is 0. The van der Waals surface area contributed by atoms with E-state index in [1.54, 1.807) is 0 Å². The number of rotatable bonds is 4. The Labute approximate surface area is 197 Å². The minimum Gasteiger partial charge on any atom is -0.378 e. The predicted octanol–water partition coefficient (Wildman–Crippen LogP) is 1.74. The van der Waals surface area contributed by atoms with E-state index in [1.807, 2.05) is 48.5 Å². The van der Waals surface area contributed by atoms with E-state index >= 15 is 0 Å². The quantitative estimate of drug-likeness (QED) is 0.727. The first-order valence-electron chi connectivity index (χ1n) is 11.7. The smallest absolute Gasteiger partial charge is 0.258 e. The van der Waals surface area contributed by atoms with Crippen LogP contribution in [0.1, 0.15) is 11.1 Å². The topological polar surface area (TPSA) is 83.1 Å². The first-order valence-corrected chi connectivity index (χ1v) is 11.7. The van der Waals surface area contributed by atoms with E-state index in [1.165, 1.54) is 0 Å². The third-order valence-corrected chi connectivity index (χ3v) is 6.75. The Kier molecular flexibility index (Phi) is 5.31. The van der Waals surface area contributed by atoms with Gasteiger partial charge in [0.1, 0.15) is 0 Å². The van der Waals surface area contributed by atoms with Gasteiger partial charge in [-0.2, -0.15) is 0 Å². The number of benzene rings is 2. The van der Waals surface area contributed by atoms with Gasteiger partial charge in [0.25, 0.3) is 11.8 Å². The van der Waals surface area contributed by atoms with Crippen LogP contribution in [0.2, 0.25) is 0 Å². The summed E-state index contributed by atoms with van der Waals surface area (Å²) in [6.45, 7) is 6.30. The summed E-state index contributed by atoms with van der Waals surface area (Å²) in [5.74, 6) is -0.513. The molecule has 0 bridgehead atoms. The van der Waals surface area contributed by atoms with E-state index in [0.29, 0.717) is 22.5 Å². The maximum Gasteiger partial charge on any atom is 0.258 e.